The van der Waals surface area contributed by atoms with Crippen LogP contribution in [-0.4, -0.2) is 55.5 Å². The molecular formula is C28H33FN2O4S. The molecular weight excluding hydrogens is 479 g/mol. The molecule has 2 amide bonds. The van der Waals surface area contributed by atoms with Crippen LogP contribution in [0, 0.1) is 11.7 Å². The summed E-state index contributed by atoms with van der Waals surface area (Å²) >= 11 is 1.58. The fraction of sp³-hybridized carbons (Fsp3) is 0.357. The molecule has 3 aromatic rings. The lowest BCUT2D eigenvalue weighted by molar-refractivity contribution is -0.132. The van der Waals surface area contributed by atoms with Gasteiger partial charge < -0.3 is 19.3 Å². The second kappa shape index (κ2) is 13.1. The highest BCUT2D eigenvalue weighted by Gasteiger charge is 2.25. The Labute approximate surface area is 216 Å². The molecule has 0 aliphatic heterocycles. The van der Waals surface area contributed by atoms with Gasteiger partial charge in [-0.1, -0.05) is 38.1 Å². The Morgan fingerprint density at radius 2 is 1.72 bits per heavy atom. The van der Waals surface area contributed by atoms with Gasteiger partial charge in [0.15, 0.2) is 11.5 Å². The SMILES string of the molecule is COc1ccc(CCN(Cc2cccs2)C(=O)CN(CC(C)C)C(=O)c2ccccc2F)cc1OC. The highest BCUT2D eigenvalue weighted by atomic mass is 32.1. The van der Waals surface area contributed by atoms with Gasteiger partial charge in [-0.3, -0.25) is 9.59 Å². The maximum atomic E-state index is 14.3. The maximum absolute atomic E-state index is 14.3. The normalized spacial score (nSPS) is 10.8. The van der Waals surface area contributed by atoms with E-state index in [1.165, 1.54) is 17.0 Å². The molecule has 0 saturated carbocycles. The summed E-state index contributed by atoms with van der Waals surface area (Å²) in [6, 6.07) is 15.5. The number of nitrogens with zero attached hydrogens (tertiary/aromatic N) is 2. The lowest BCUT2D eigenvalue weighted by Gasteiger charge is -2.29. The van der Waals surface area contributed by atoms with Gasteiger partial charge in [-0.05, 0) is 53.6 Å². The zero-order valence-corrected chi connectivity index (χ0v) is 22.0. The van der Waals surface area contributed by atoms with Gasteiger partial charge in [-0.25, -0.2) is 4.39 Å². The van der Waals surface area contributed by atoms with E-state index in [1.807, 2.05) is 49.6 Å². The van der Waals surface area contributed by atoms with Crippen molar-refractivity contribution in [2.24, 2.45) is 5.92 Å². The Bertz CT molecular complexity index is 1150. The van der Waals surface area contributed by atoms with Crippen molar-refractivity contribution >= 4 is 23.2 Å². The average Bonchev–Trinajstić information content (AvgIpc) is 3.38. The molecule has 6 nitrogen and oxygen atoms in total. The van der Waals surface area contributed by atoms with Crippen LogP contribution in [0.15, 0.2) is 60.0 Å². The summed E-state index contributed by atoms with van der Waals surface area (Å²) in [6.07, 6.45) is 0.600. The number of ether oxygens (including phenoxy) is 2. The second-order valence-corrected chi connectivity index (χ2v) is 9.93. The van der Waals surface area contributed by atoms with Crippen LogP contribution in [0.3, 0.4) is 0 Å². The molecule has 36 heavy (non-hydrogen) atoms. The average molecular weight is 513 g/mol. The first-order chi connectivity index (χ1) is 17.3. The van der Waals surface area contributed by atoms with Crippen molar-refractivity contribution in [3.8, 4) is 11.5 Å². The summed E-state index contributed by atoms with van der Waals surface area (Å²) < 4.78 is 25.1. The van der Waals surface area contributed by atoms with Gasteiger partial charge in [-0.15, -0.1) is 11.3 Å². The monoisotopic (exact) mass is 512 g/mol. The van der Waals surface area contributed by atoms with Crippen LogP contribution in [0.4, 0.5) is 4.39 Å². The molecule has 1 aromatic heterocycles. The summed E-state index contributed by atoms with van der Waals surface area (Å²) in [5.41, 5.74) is 0.971. The van der Waals surface area contributed by atoms with Gasteiger partial charge in [0.2, 0.25) is 5.91 Å². The molecule has 0 unspecified atom stereocenters. The molecule has 0 atom stereocenters. The van der Waals surface area contributed by atoms with E-state index in [0.717, 1.165) is 10.4 Å². The molecule has 0 aliphatic carbocycles. The molecule has 0 radical (unpaired) electrons. The molecule has 0 fully saturated rings. The van der Waals surface area contributed by atoms with E-state index in [1.54, 1.807) is 42.6 Å². The topological polar surface area (TPSA) is 59.1 Å². The van der Waals surface area contributed by atoms with E-state index in [2.05, 4.69) is 0 Å². The van der Waals surface area contributed by atoms with Crippen LogP contribution in [0.5, 0.6) is 11.5 Å². The molecule has 0 saturated heterocycles. The van der Waals surface area contributed by atoms with E-state index in [4.69, 9.17) is 9.47 Å². The van der Waals surface area contributed by atoms with Gasteiger partial charge in [-0.2, -0.15) is 0 Å². The summed E-state index contributed by atoms with van der Waals surface area (Å²) in [7, 11) is 3.18. The van der Waals surface area contributed by atoms with Gasteiger partial charge in [0.25, 0.3) is 5.91 Å². The van der Waals surface area contributed by atoms with Crippen molar-refractivity contribution in [3.05, 3.63) is 81.8 Å². The molecule has 192 valence electrons. The third kappa shape index (κ3) is 7.31. The molecule has 8 heteroatoms. The van der Waals surface area contributed by atoms with Gasteiger partial charge >= 0.3 is 0 Å². The highest BCUT2D eigenvalue weighted by Crippen LogP contribution is 2.28. The Hall–Kier alpha value is -3.39. The predicted molar refractivity (Wildman–Crippen MR) is 140 cm³/mol. The molecule has 0 bridgehead atoms. The molecule has 3 rings (SSSR count). The predicted octanol–water partition coefficient (Wildman–Crippen LogP) is 5.27. The van der Waals surface area contributed by atoms with Crippen molar-refractivity contribution in [1.29, 1.82) is 0 Å². The minimum absolute atomic E-state index is 0.0268. The van der Waals surface area contributed by atoms with Crippen molar-refractivity contribution < 1.29 is 23.5 Å². The van der Waals surface area contributed by atoms with Crippen LogP contribution in [0.25, 0.3) is 0 Å². The van der Waals surface area contributed by atoms with Crippen molar-refractivity contribution in [2.45, 2.75) is 26.8 Å². The number of rotatable bonds is 12. The largest absolute Gasteiger partial charge is 0.493 e. The quantitative estimate of drug-likeness (QED) is 0.332. The van der Waals surface area contributed by atoms with E-state index >= 15 is 0 Å². The summed E-state index contributed by atoms with van der Waals surface area (Å²) in [4.78, 5) is 31.0. The van der Waals surface area contributed by atoms with Gasteiger partial charge in [0.05, 0.1) is 26.3 Å². The van der Waals surface area contributed by atoms with Crippen molar-refractivity contribution in [2.75, 3.05) is 33.9 Å². The Kier molecular flexibility index (Phi) is 9.87. The number of benzene rings is 2. The van der Waals surface area contributed by atoms with Crippen LogP contribution >= 0.6 is 11.3 Å². The molecule has 0 aliphatic rings. The Balaban J connectivity index is 1.79. The zero-order chi connectivity index (χ0) is 26.1. The van der Waals surface area contributed by atoms with Crippen molar-refractivity contribution in [3.63, 3.8) is 0 Å². The second-order valence-electron chi connectivity index (χ2n) is 8.89. The number of carbonyl (C=O) groups excluding carboxylic acids is 2. The van der Waals surface area contributed by atoms with Gasteiger partial charge in [0.1, 0.15) is 12.4 Å². The first-order valence-corrected chi connectivity index (χ1v) is 12.7. The first-order valence-electron chi connectivity index (χ1n) is 11.9. The molecule has 0 spiro atoms. The third-order valence-electron chi connectivity index (χ3n) is 5.70. The first kappa shape index (κ1) is 27.2. The lowest BCUT2D eigenvalue weighted by atomic mass is 10.1. The number of carbonyl (C=O) groups is 2. The lowest BCUT2D eigenvalue weighted by Crippen LogP contribution is -2.44. The number of amides is 2. The Morgan fingerprint density at radius 3 is 2.36 bits per heavy atom. The fourth-order valence-corrected chi connectivity index (χ4v) is 4.63. The smallest absolute Gasteiger partial charge is 0.257 e. The van der Waals surface area contributed by atoms with E-state index in [9.17, 15) is 14.0 Å². The van der Waals surface area contributed by atoms with Crippen LogP contribution in [0.1, 0.15) is 34.6 Å². The van der Waals surface area contributed by atoms with Gasteiger partial charge in [0, 0.05) is 18.0 Å². The summed E-state index contributed by atoms with van der Waals surface area (Å²) in [5.74, 6) is 0.132. The van der Waals surface area contributed by atoms with E-state index in [0.29, 0.717) is 37.6 Å². The number of halogens is 1. The number of hydrogen-bond donors (Lipinski definition) is 0. The number of methoxy groups -OCH3 is 2. The molecule has 2 aromatic carbocycles. The summed E-state index contributed by atoms with van der Waals surface area (Å²) in [5, 5.41) is 1.97. The van der Waals surface area contributed by atoms with Crippen LogP contribution in [-0.2, 0) is 17.8 Å². The Morgan fingerprint density at radius 1 is 0.972 bits per heavy atom. The minimum Gasteiger partial charge on any atom is -0.493 e. The standard InChI is InChI=1S/C28H33FN2O4S/c1-20(2)17-31(28(33)23-9-5-6-10-24(23)29)19-27(32)30(18-22-8-7-15-36-22)14-13-21-11-12-25(34-3)26(16-21)35-4/h5-12,15-16,20H,13-14,17-19H2,1-4H3. The summed E-state index contributed by atoms with van der Waals surface area (Å²) in [6.45, 7) is 5.05. The zero-order valence-electron chi connectivity index (χ0n) is 21.2. The number of thiophene rings is 1. The van der Waals surface area contributed by atoms with E-state index in [-0.39, 0.29) is 23.9 Å². The third-order valence-corrected chi connectivity index (χ3v) is 6.56. The van der Waals surface area contributed by atoms with E-state index < -0.39 is 11.7 Å². The minimum atomic E-state index is -0.590. The number of hydrogen-bond acceptors (Lipinski definition) is 5. The van der Waals surface area contributed by atoms with Crippen LogP contribution < -0.4 is 9.47 Å². The molecule has 0 N–H and O–H groups in total. The van der Waals surface area contributed by atoms with Crippen LogP contribution in [0.2, 0.25) is 0 Å². The molecule has 1 heterocycles. The highest BCUT2D eigenvalue weighted by molar-refractivity contribution is 7.09. The maximum Gasteiger partial charge on any atom is 0.257 e. The fourth-order valence-electron chi connectivity index (χ4n) is 3.91. The van der Waals surface area contributed by atoms with Crippen molar-refractivity contribution in [1.82, 2.24) is 9.80 Å².